The van der Waals surface area contributed by atoms with Gasteiger partial charge in [0.2, 0.25) is 0 Å². The molecule has 3 aromatic rings. The second kappa shape index (κ2) is 8.60. The minimum Gasteiger partial charge on any atom is -0.352 e. The Labute approximate surface area is 172 Å². The maximum atomic E-state index is 13.0. The third-order valence-corrected chi connectivity index (χ3v) is 5.88. The molecule has 1 amide bonds. The summed E-state index contributed by atoms with van der Waals surface area (Å²) < 4.78 is 0. The molecule has 3 heteroatoms. The number of hydrogen-bond acceptors (Lipinski definition) is 2. The van der Waals surface area contributed by atoms with Crippen LogP contribution in [0.15, 0.2) is 60.2 Å². The molecule has 0 unspecified atom stereocenters. The van der Waals surface area contributed by atoms with Gasteiger partial charge in [-0.25, -0.2) is 4.98 Å². The fourth-order valence-corrected chi connectivity index (χ4v) is 3.98. The third kappa shape index (κ3) is 4.40. The average molecular weight is 385 g/mol. The molecule has 3 nitrogen and oxygen atoms in total. The minimum atomic E-state index is -0.0231. The summed E-state index contributed by atoms with van der Waals surface area (Å²) in [7, 11) is 0. The van der Waals surface area contributed by atoms with Crippen LogP contribution >= 0.6 is 0 Å². The van der Waals surface area contributed by atoms with Crippen molar-refractivity contribution in [3.8, 4) is 11.3 Å². The van der Waals surface area contributed by atoms with Crippen LogP contribution in [0.5, 0.6) is 0 Å². The highest BCUT2D eigenvalue weighted by Gasteiger charge is 2.14. The van der Waals surface area contributed by atoms with Crippen molar-refractivity contribution in [1.29, 1.82) is 0 Å². The van der Waals surface area contributed by atoms with E-state index in [0.29, 0.717) is 12.1 Å². The first-order valence-corrected chi connectivity index (χ1v) is 10.6. The molecule has 0 spiro atoms. The van der Waals surface area contributed by atoms with Crippen LogP contribution in [-0.2, 0) is 0 Å². The van der Waals surface area contributed by atoms with Crippen molar-refractivity contribution < 1.29 is 4.79 Å². The second-order valence-corrected chi connectivity index (χ2v) is 7.99. The van der Waals surface area contributed by atoms with Crippen molar-refractivity contribution in [2.45, 2.75) is 46.0 Å². The van der Waals surface area contributed by atoms with Gasteiger partial charge in [-0.2, -0.15) is 0 Å². The highest BCUT2D eigenvalue weighted by molar-refractivity contribution is 6.07. The first-order chi connectivity index (χ1) is 14.1. The van der Waals surface area contributed by atoms with Gasteiger partial charge in [0.05, 0.1) is 16.8 Å². The van der Waals surface area contributed by atoms with Gasteiger partial charge in [0.15, 0.2) is 0 Å². The molecule has 1 heterocycles. The number of allylic oxidation sites excluding steroid dienone is 1. The molecule has 1 aliphatic rings. The maximum Gasteiger partial charge on any atom is 0.252 e. The molecule has 1 aliphatic carbocycles. The molecule has 148 valence electrons. The fourth-order valence-electron chi connectivity index (χ4n) is 3.98. The van der Waals surface area contributed by atoms with Gasteiger partial charge in [0, 0.05) is 17.5 Å². The number of aromatic nitrogens is 1. The molecule has 2 aromatic carbocycles. The zero-order valence-electron chi connectivity index (χ0n) is 17.3. The quantitative estimate of drug-likeness (QED) is 0.537. The van der Waals surface area contributed by atoms with Crippen LogP contribution in [0.25, 0.3) is 22.2 Å². The normalized spacial score (nSPS) is 13.9. The Balaban J connectivity index is 1.62. The van der Waals surface area contributed by atoms with E-state index in [2.05, 4.69) is 43.4 Å². The van der Waals surface area contributed by atoms with Crippen molar-refractivity contribution in [2.75, 3.05) is 6.54 Å². The van der Waals surface area contributed by atoms with Gasteiger partial charge in [-0.3, -0.25) is 4.79 Å². The SMILES string of the molecule is Cc1ccc(-c2cc(C(=O)NCCC3=CCCCC3)c3ccccc3n2)cc1C. The van der Waals surface area contributed by atoms with Gasteiger partial charge in [-0.15, -0.1) is 0 Å². The van der Waals surface area contributed by atoms with E-state index in [0.717, 1.165) is 28.6 Å². The van der Waals surface area contributed by atoms with E-state index in [1.54, 1.807) is 0 Å². The summed E-state index contributed by atoms with van der Waals surface area (Å²) in [4.78, 5) is 17.9. The van der Waals surface area contributed by atoms with Crippen LogP contribution in [0.4, 0.5) is 0 Å². The molecule has 0 radical (unpaired) electrons. The van der Waals surface area contributed by atoms with E-state index in [4.69, 9.17) is 4.98 Å². The predicted molar refractivity (Wildman–Crippen MR) is 120 cm³/mol. The molecule has 0 saturated carbocycles. The number of pyridine rings is 1. The number of para-hydroxylation sites is 1. The largest absolute Gasteiger partial charge is 0.352 e. The second-order valence-electron chi connectivity index (χ2n) is 7.99. The van der Waals surface area contributed by atoms with Crippen molar-refractivity contribution in [3.63, 3.8) is 0 Å². The molecule has 1 aromatic heterocycles. The summed E-state index contributed by atoms with van der Waals surface area (Å²) in [6.45, 7) is 4.89. The monoisotopic (exact) mass is 384 g/mol. The van der Waals surface area contributed by atoms with Gasteiger partial charge >= 0.3 is 0 Å². The van der Waals surface area contributed by atoms with Crippen LogP contribution in [-0.4, -0.2) is 17.4 Å². The maximum absolute atomic E-state index is 13.0. The Morgan fingerprint density at radius 2 is 1.90 bits per heavy atom. The molecule has 4 rings (SSSR count). The zero-order valence-corrected chi connectivity index (χ0v) is 17.3. The van der Waals surface area contributed by atoms with Crippen LogP contribution < -0.4 is 5.32 Å². The van der Waals surface area contributed by atoms with Gasteiger partial charge in [0.25, 0.3) is 5.91 Å². The number of carbonyl (C=O) groups excluding carboxylic acids is 1. The number of carbonyl (C=O) groups is 1. The van der Waals surface area contributed by atoms with Gasteiger partial charge in [-0.1, -0.05) is 42.0 Å². The Hall–Kier alpha value is -2.94. The summed E-state index contributed by atoms with van der Waals surface area (Å²) in [5.74, 6) is -0.0231. The third-order valence-electron chi connectivity index (χ3n) is 5.88. The lowest BCUT2D eigenvalue weighted by Crippen LogP contribution is -2.25. The minimum absolute atomic E-state index is 0.0231. The van der Waals surface area contributed by atoms with Crippen molar-refractivity contribution in [2.24, 2.45) is 0 Å². The van der Waals surface area contributed by atoms with Crippen molar-refractivity contribution in [3.05, 3.63) is 76.9 Å². The van der Waals surface area contributed by atoms with Crippen LogP contribution in [0.2, 0.25) is 0 Å². The lowest BCUT2D eigenvalue weighted by molar-refractivity contribution is 0.0955. The smallest absolute Gasteiger partial charge is 0.252 e. The number of nitrogens with one attached hydrogen (secondary N) is 1. The molecular formula is C26H28N2O. The van der Waals surface area contributed by atoms with E-state index in [1.165, 1.54) is 42.4 Å². The molecule has 1 N–H and O–H groups in total. The standard InChI is InChI=1S/C26H28N2O/c1-18-12-13-21(16-19(18)2)25-17-23(22-10-6-7-11-24(22)28-25)26(29)27-15-14-20-8-4-3-5-9-20/h6-8,10-13,16-17H,3-5,9,14-15H2,1-2H3,(H,27,29). The lowest BCUT2D eigenvalue weighted by Gasteiger charge is -2.14. The van der Waals surface area contributed by atoms with E-state index in [-0.39, 0.29) is 5.91 Å². The van der Waals surface area contributed by atoms with Gasteiger partial charge in [0.1, 0.15) is 0 Å². The summed E-state index contributed by atoms with van der Waals surface area (Å²) in [6, 6.07) is 16.1. The first kappa shape index (κ1) is 19.4. The van der Waals surface area contributed by atoms with Crippen molar-refractivity contribution in [1.82, 2.24) is 10.3 Å². The van der Waals surface area contributed by atoms with E-state index in [1.807, 2.05) is 30.3 Å². The van der Waals surface area contributed by atoms with Gasteiger partial charge < -0.3 is 5.32 Å². The predicted octanol–water partition coefficient (Wildman–Crippen LogP) is 6.14. The Bertz CT molecular complexity index is 1080. The molecule has 29 heavy (non-hydrogen) atoms. The number of rotatable bonds is 5. The zero-order chi connectivity index (χ0) is 20.2. The molecular weight excluding hydrogens is 356 g/mol. The molecule has 0 bridgehead atoms. The Morgan fingerprint density at radius 1 is 1.03 bits per heavy atom. The number of aryl methyl sites for hydroxylation is 2. The van der Waals surface area contributed by atoms with E-state index >= 15 is 0 Å². The highest BCUT2D eigenvalue weighted by atomic mass is 16.1. The number of fused-ring (bicyclic) bond motifs is 1. The molecule has 0 saturated heterocycles. The number of amides is 1. The molecule has 0 fully saturated rings. The number of nitrogens with zero attached hydrogens (tertiary/aromatic N) is 1. The lowest BCUT2D eigenvalue weighted by atomic mass is 9.97. The van der Waals surface area contributed by atoms with Gasteiger partial charge in [-0.05, 0) is 75.3 Å². The number of benzene rings is 2. The van der Waals surface area contributed by atoms with Crippen molar-refractivity contribution >= 4 is 16.8 Å². The Morgan fingerprint density at radius 3 is 2.69 bits per heavy atom. The number of hydrogen-bond donors (Lipinski definition) is 1. The topological polar surface area (TPSA) is 42.0 Å². The highest BCUT2D eigenvalue weighted by Crippen LogP contribution is 2.26. The molecule has 0 atom stereocenters. The van der Waals surface area contributed by atoms with Crippen LogP contribution in [0.3, 0.4) is 0 Å². The van der Waals surface area contributed by atoms with E-state index in [9.17, 15) is 4.79 Å². The first-order valence-electron chi connectivity index (χ1n) is 10.6. The summed E-state index contributed by atoms with van der Waals surface area (Å²) in [6.07, 6.45) is 8.20. The summed E-state index contributed by atoms with van der Waals surface area (Å²) >= 11 is 0. The molecule has 0 aliphatic heterocycles. The van der Waals surface area contributed by atoms with E-state index < -0.39 is 0 Å². The average Bonchev–Trinajstić information content (AvgIpc) is 2.75. The van der Waals surface area contributed by atoms with Crippen LogP contribution in [0.1, 0.15) is 53.6 Å². The fraction of sp³-hybridized carbons (Fsp3) is 0.308. The van der Waals surface area contributed by atoms with Crippen LogP contribution in [0, 0.1) is 13.8 Å². The summed E-state index contributed by atoms with van der Waals surface area (Å²) in [5, 5.41) is 4.03. The Kier molecular flexibility index (Phi) is 5.75. The summed E-state index contributed by atoms with van der Waals surface area (Å²) in [5.41, 5.74) is 7.39.